The van der Waals surface area contributed by atoms with Gasteiger partial charge in [-0.15, -0.1) is 0 Å². The van der Waals surface area contributed by atoms with Crippen molar-refractivity contribution in [1.82, 2.24) is 4.90 Å². The highest BCUT2D eigenvalue weighted by Crippen LogP contribution is 2.48. The highest BCUT2D eigenvalue weighted by molar-refractivity contribution is 7.64. The van der Waals surface area contributed by atoms with E-state index >= 15 is 4.39 Å². The van der Waals surface area contributed by atoms with Crippen molar-refractivity contribution in [3.05, 3.63) is 98.8 Å². The maximum Gasteiger partial charge on any atom is 0.257 e. The number of ether oxygens (including phenoxy) is 1. The average molecular weight is 607 g/mol. The monoisotopic (exact) mass is 605 g/mol. The average Bonchev–Trinajstić information content (AvgIpc) is 3.64. The second kappa shape index (κ2) is 12.4. The first-order chi connectivity index (χ1) is 18.8. The van der Waals surface area contributed by atoms with Crippen LogP contribution in [0.1, 0.15) is 60.0 Å². The molecule has 0 spiro atoms. The fourth-order valence-corrected chi connectivity index (χ4v) is 6.12. The Labute approximate surface area is 246 Å². The third-order valence-electron chi connectivity index (χ3n) is 7.30. The van der Waals surface area contributed by atoms with Crippen LogP contribution in [-0.4, -0.2) is 47.6 Å². The van der Waals surface area contributed by atoms with Gasteiger partial charge in [0.15, 0.2) is 6.23 Å². The summed E-state index contributed by atoms with van der Waals surface area (Å²) < 4.78 is 21.5. The second-order valence-electron chi connectivity index (χ2n) is 11.2. The molecule has 5 rings (SSSR count). The minimum absolute atomic E-state index is 0.00204. The Morgan fingerprint density at radius 1 is 1.07 bits per heavy atom. The molecule has 9 heteroatoms. The molecule has 3 aromatic carbocycles. The predicted molar refractivity (Wildman–Crippen MR) is 160 cm³/mol. The summed E-state index contributed by atoms with van der Waals surface area (Å²) >= 11 is 11.8. The van der Waals surface area contributed by atoms with Crippen LogP contribution >= 0.6 is 31.1 Å². The molecule has 1 aliphatic carbocycles. The van der Waals surface area contributed by atoms with E-state index in [9.17, 15) is 15.0 Å². The summed E-state index contributed by atoms with van der Waals surface area (Å²) in [5.41, 5.74) is 0.0620. The third-order valence-corrected chi connectivity index (χ3v) is 9.17. The van der Waals surface area contributed by atoms with Crippen LogP contribution in [0, 0.1) is 11.2 Å². The van der Waals surface area contributed by atoms with E-state index in [1.54, 1.807) is 30.9 Å². The molecular formula is C31H35Cl2FNO4P. The number of hydrogen-bond donors (Lipinski definition) is 2. The van der Waals surface area contributed by atoms with Crippen LogP contribution in [0.5, 0.6) is 0 Å². The van der Waals surface area contributed by atoms with Gasteiger partial charge in [-0.3, -0.25) is 4.79 Å². The van der Waals surface area contributed by atoms with Gasteiger partial charge in [0.1, 0.15) is 5.82 Å². The number of fused-ring (bicyclic) bond motifs is 1. The Hall–Kier alpha value is -2.05. The molecule has 1 aliphatic heterocycles. The van der Waals surface area contributed by atoms with Crippen LogP contribution in [0.4, 0.5) is 4.39 Å². The molecular weight excluding hydrogens is 571 g/mol. The zero-order valence-electron chi connectivity index (χ0n) is 23.1. The van der Waals surface area contributed by atoms with Crippen molar-refractivity contribution in [3.8, 4) is 0 Å². The summed E-state index contributed by atoms with van der Waals surface area (Å²) in [7, 11) is -0.489. The Balaban J connectivity index is 0.000000461. The van der Waals surface area contributed by atoms with Gasteiger partial charge < -0.3 is 19.8 Å². The van der Waals surface area contributed by atoms with Gasteiger partial charge in [0.05, 0.1) is 24.4 Å². The van der Waals surface area contributed by atoms with E-state index in [1.165, 1.54) is 6.07 Å². The number of carbonyl (C=O) groups is 1. The van der Waals surface area contributed by atoms with Crippen molar-refractivity contribution in [2.24, 2.45) is 5.41 Å². The maximum absolute atomic E-state index is 15.4. The van der Waals surface area contributed by atoms with Crippen LogP contribution in [0.15, 0.2) is 60.7 Å². The van der Waals surface area contributed by atoms with Crippen LogP contribution < -0.4 is 5.30 Å². The first kappa shape index (κ1) is 30.9. The molecule has 0 radical (unpaired) electrons. The topological polar surface area (TPSA) is 70.0 Å². The number of rotatable bonds is 8. The lowest BCUT2D eigenvalue weighted by Gasteiger charge is -2.28. The molecule has 1 heterocycles. The van der Waals surface area contributed by atoms with E-state index in [0.717, 1.165) is 28.7 Å². The quantitative estimate of drug-likeness (QED) is 0.275. The molecule has 40 heavy (non-hydrogen) atoms. The van der Waals surface area contributed by atoms with E-state index in [0.29, 0.717) is 10.6 Å². The van der Waals surface area contributed by atoms with Crippen molar-refractivity contribution in [2.75, 3.05) is 26.5 Å². The molecule has 214 valence electrons. The molecule has 2 N–H and O–H groups in total. The summed E-state index contributed by atoms with van der Waals surface area (Å²) in [4.78, 5) is 15.1. The Morgan fingerprint density at radius 3 is 2.27 bits per heavy atom. The molecule has 2 aliphatic rings. The normalized spacial score (nSPS) is 17.5. The summed E-state index contributed by atoms with van der Waals surface area (Å²) in [5, 5.41) is 22.6. The maximum atomic E-state index is 15.4. The minimum Gasteiger partial charge on any atom is -0.396 e. The molecule has 1 unspecified atom stereocenters. The van der Waals surface area contributed by atoms with Crippen LogP contribution in [-0.2, 0) is 16.9 Å². The van der Waals surface area contributed by atoms with Crippen molar-refractivity contribution in [1.29, 1.82) is 0 Å². The van der Waals surface area contributed by atoms with E-state index < -0.39 is 25.6 Å². The lowest BCUT2D eigenvalue weighted by atomic mass is 9.94. The largest absolute Gasteiger partial charge is 0.396 e. The van der Waals surface area contributed by atoms with Gasteiger partial charge in [-0.05, 0) is 92.8 Å². The van der Waals surface area contributed by atoms with Crippen LogP contribution in [0.25, 0.3) is 0 Å². The number of halogens is 3. The highest BCUT2D eigenvalue weighted by atomic mass is 35.5. The van der Waals surface area contributed by atoms with Crippen molar-refractivity contribution in [3.63, 3.8) is 0 Å². The first-order valence-corrected chi connectivity index (χ1v) is 16.1. The molecule has 0 bridgehead atoms. The SMILES string of the molecule is CP(C)c1cc(Cl)ccc1CN1C(=O)c2cc(C(C)(C)O)cc(F)c2C1OCC1(CO)CC1.Clc1ccccc1. The fourth-order valence-electron chi connectivity index (χ4n) is 4.61. The Morgan fingerprint density at radius 2 is 1.75 bits per heavy atom. The summed E-state index contributed by atoms with van der Waals surface area (Å²) in [6.45, 7) is 7.83. The summed E-state index contributed by atoms with van der Waals surface area (Å²) in [6.07, 6.45) is 0.777. The lowest BCUT2D eigenvalue weighted by Crippen LogP contribution is -2.32. The van der Waals surface area contributed by atoms with Gasteiger partial charge in [-0.1, -0.05) is 55.4 Å². The van der Waals surface area contributed by atoms with Crippen molar-refractivity contribution >= 4 is 42.3 Å². The van der Waals surface area contributed by atoms with Crippen molar-refractivity contribution in [2.45, 2.75) is 45.1 Å². The number of carbonyl (C=O) groups excluding carboxylic acids is 1. The van der Waals surface area contributed by atoms with Gasteiger partial charge in [0, 0.05) is 27.6 Å². The molecule has 1 amide bonds. The number of amides is 1. The fraction of sp³-hybridized carbons (Fsp3) is 0.387. The minimum atomic E-state index is -1.29. The second-order valence-corrected chi connectivity index (χ2v) is 14.3. The Kier molecular flexibility index (Phi) is 9.61. The Bertz CT molecular complexity index is 1360. The van der Waals surface area contributed by atoms with E-state index in [4.69, 9.17) is 27.9 Å². The van der Waals surface area contributed by atoms with Gasteiger partial charge >= 0.3 is 0 Å². The highest BCUT2D eigenvalue weighted by Gasteiger charge is 2.46. The standard InChI is InChI=1S/C25H30ClFNO4P.C6H5Cl/c1-24(2,31)16-9-18-21(19(27)10-16)23(32-14-25(13-29)7-8-25)28(22(18)30)12-15-5-6-17(26)11-20(15)33(3)4;7-6-4-2-1-3-5-6/h5-6,9-11,23,29,31H,7-8,12-14H2,1-4H3;1-5H. The summed E-state index contributed by atoms with van der Waals surface area (Å²) in [6, 6.07) is 17.9. The van der Waals surface area contributed by atoms with E-state index in [2.05, 4.69) is 13.3 Å². The van der Waals surface area contributed by atoms with Gasteiger partial charge in [0.2, 0.25) is 0 Å². The van der Waals surface area contributed by atoms with Crippen LogP contribution in [0.2, 0.25) is 10.0 Å². The molecule has 1 atom stereocenters. The number of hydrogen-bond acceptors (Lipinski definition) is 4. The zero-order chi connectivity index (χ0) is 29.2. The van der Waals surface area contributed by atoms with Crippen molar-refractivity contribution < 1.29 is 24.1 Å². The number of aliphatic hydroxyl groups excluding tert-OH is 1. The van der Waals surface area contributed by atoms with E-state index in [-0.39, 0.29) is 42.2 Å². The molecule has 0 saturated heterocycles. The number of benzene rings is 3. The van der Waals surface area contributed by atoms with Gasteiger partial charge in [0.25, 0.3) is 5.91 Å². The lowest BCUT2D eigenvalue weighted by molar-refractivity contribution is -0.0672. The van der Waals surface area contributed by atoms with Gasteiger partial charge in [-0.25, -0.2) is 4.39 Å². The van der Waals surface area contributed by atoms with E-state index in [1.807, 2.05) is 42.5 Å². The summed E-state index contributed by atoms with van der Waals surface area (Å²) in [5.74, 6) is -0.921. The predicted octanol–water partition coefficient (Wildman–Crippen LogP) is 6.86. The van der Waals surface area contributed by atoms with Gasteiger partial charge in [-0.2, -0.15) is 0 Å². The molecule has 0 aromatic heterocycles. The molecule has 3 aromatic rings. The number of aliphatic hydroxyl groups is 2. The van der Waals surface area contributed by atoms with Crippen LogP contribution in [0.3, 0.4) is 0 Å². The molecule has 1 saturated carbocycles. The molecule has 5 nitrogen and oxygen atoms in total. The molecule has 1 fully saturated rings. The first-order valence-electron chi connectivity index (χ1n) is 13.1. The third kappa shape index (κ3) is 7.05. The number of nitrogens with zero attached hydrogens (tertiary/aromatic N) is 1. The smallest absolute Gasteiger partial charge is 0.257 e. The zero-order valence-corrected chi connectivity index (χ0v) is 25.5.